The topological polar surface area (TPSA) is 104 Å². The van der Waals surface area contributed by atoms with Crippen molar-refractivity contribution in [2.24, 2.45) is 41.2 Å². The second-order valence-corrected chi connectivity index (χ2v) is 11.5. The van der Waals surface area contributed by atoms with Crippen LogP contribution in [-0.2, 0) is 11.2 Å². The van der Waals surface area contributed by atoms with Crippen LogP contribution < -0.4 is 5.73 Å². The Bertz CT molecular complexity index is 846. The quantitative estimate of drug-likeness (QED) is 0.188. The first-order valence-electron chi connectivity index (χ1n) is 14.6. The van der Waals surface area contributed by atoms with Crippen LogP contribution in [0.2, 0.25) is 0 Å². The standard InChI is InChI=1S/C32H49NO4/c1-23(34)30(32(36)37)31-27(21-24-11-5-2-6-12-24)18-17-26(29(31)19-20-33)15-9-4-10-16-28(35)22-25-13-7-3-8-14-25/h2,5-6,10-12,16-18,23,25-31,34-35H,3-4,7-9,13-15,19-22,33H2,1H3,(H,36,37). The molecule has 1 aromatic rings. The third-order valence-corrected chi connectivity index (χ3v) is 8.74. The monoisotopic (exact) mass is 511 g/mol. The predicted molar refractivity (Wildman–Crippen MR) is 150 cm³/mol. The molecule has 0 radical (unpaired) electrons. The number of benzene rings is 1. The summed E-state index contributed by atoms with van der Waals surface area (Å²) in [6.07, 6.45) is 18.9. The Hall–Kier alpha value is -1.95. The summed E-state index contributed by atoms with van der Waals surface area (Å²) in [6.45, 7) is 2.11. The van der Waals surface area contributed by atoms with Gasteiger partial charge < -0.3 is 21.1 Å². The second kappa shape index (κ2) is 15.5. The van der Waals surface area contributed by atoms with Gasteiger partial charge in [0.05, 0.1) is 18.1 Å². The van der Waals surface area contributed by atoms with Gasteiger partial charge in [-0.05, 0) is 87.1 Å². The number of rotatable bonds is 14. The van der Waals surface area contributed by atoms with Crippen LogP contribution in [0.25, 0.3) is 0 Å². The summed E-state index contributed by atoms with van der Waals surface area (Å²) in [5.74, 6) is -0.877. The molecule has 3 rings (SSSR count). The molecule has 5 heteroatoms. The fraction of sp³-hybridized carbons (Fsp3) is 0.656. The molecule has 2 aliphatic rings. The zero-order valence-corrected chi connectivity index (χ0v) is 22.6. The third-order valence-electron chi connectivity index (χ3n) is 8.74. The van der Waals surface area contributed by atoms with E-state index in [2.05, 4.69) is 30.4 Å². The van der Waals surface area contributed by atoms with E-state index in [1.54, 1.807) is 6.92 Å². The number of carboxylic acid groups (broad SMARTS) is 1. The summed E-state index contributed by atoms with van der Waals surface area (Å²) >= 11 is 0. The first-order valence-corrected chi connectivity index (χ1v) is 14.6. The van der Waals surface area contributed by atoms with Gasteiger partial charge in [0, 0.05) is 0 Å². The van der Waals surface area contributed by atoms with Gasteiger partial charge in [-0.3, -0.25) is 4.79 Å². The molecule has 0 aliphatic heterocycles. The Morgan fingerprint density at radius 3 is 2.41 bits per heavy atom. The van der Waals surface area contributed by atoms with Crippen molar-refractivity contribution in [1.82, 2.24) is 0 Å². The molecule has 5 nitrogen and oxygen atoms in total. The Labute approximate surface area is 223 Å². The Kier molecular flexibility index (Phi) is 12.4. The maximum atomic E-state index is 12.4. The number of aliphatic hydroxyl groups excluding tert-OH is 2. The molecular weight excluding hydrogens is 462 g/mol. The lowest BCUT2D eigenvalue weighted by Crippen LogP contribution is -2.45. The fourth-order valence-electron chi connectivity index (χ4n) is 6.95. The zero-order chi connectivity index (χ0) is 26.6. The van der Waals surface area contributed by atoms with E-state index < -0.39 is 18.0 Å². The van der Waals surface area contributed by atoms with Gasteiger partial charge >= 0.3 is 5.97 Å². The van der Waals surface area contributed by atoms with Gasteiger partial charge in [-0.2, -0.15) is 0 Å². The number of nitrogens with two attached hydrogens (primary N) is 1. The Balaban J connectivity index is 1.65. The summed E-state index contributed by atoms with van der Waals surface area (Å²) in [4.78, 5) is 12.4. The molecule has 206 valence electrons. The van der Waals surface area contributed by atoms with Crippen molar-refractivity contribution in [3.63, 3.8) is 0 Å². The summed E-state index contributed by atoms with van der Waals surface area (Å²) in [6, 6.07) is 10.2. The molecule has 0 heterocycles. The molecular formula is C32H49NO4. The molecule has 7 atom stereocenters. The van der Waals surface area contributed by atoms with E-state index in [9.17, 15) is 20.1 Å². The number of carboxylic acids is 1. The number of hydrogen-bond acceptors (Lipinski definition) is 4. The number of carbonyl (C=O) groups is 1. The van der Waals surface area contributed by atoms with Crippen LogP contribution in [-0.4, -0.2) is 40.0 Å². The molecule has 0 bridgehead atoms. The van der Waals surface area contributed by atoms with E-state index >= 15 is 0 Å². The molecule has 1 saturated carbocycles. The highest BCUT2D eigenvalue weighted by molar-refractivity contribution is 5.71. The van der Waals surface area contributed by atoms with E-state index in [1.807, 2.05) is 24.3 Å². The van der Waals surface area contributed by atoms with Gasteiger partial charge in [0.25, 0.3) is 0 Å². The minimum atomic E-state index is -0.929. The molecule has 0 amide bonds. The van der Waals surface area contributed by atoms with Gasteiger partial charge in [0.1, 0.15) is 0 Å². The van der Waals surface area contributed by atoms with E-state index in [0.29, 0.717) is 12.5 Å². The van der Waals surface area contributed by atoms with Crippen LogP contribution in [0, 0.1) is 35.5 Å². The predicted octanol–water partition coefficient (Wildman–Crippen LogP) is 5.75. The van der Waals surface area contributed by atoms with Crippen LogP contribution in [0.5, 0.6) is 0 Å². The van der Waals surface area contributed by atoms with Gasteiger partial charge in [0.2, 0.25) is 0 Å². The van der Waals surface area contributed by atoms with Crippen molar-refractivity contribution in [2.75, 3.05) is 6.54 Å². The van der Waals surface area contributed by atoms with Crippen molar-refractivity contribution in [1.29, 1.82) is 0 Å². The summed E-state index contributed by atoms with van der Waals surface area (Å²) in [5.41, 5.74) is 7.23. The Morgan fingerprint density at radius 1 is 1.05 bits per heavy atom. The molecule has 0 saturated heterocycles. The summed E-state index contributed by atoms with van der Waals surface area (Å²) in [7, 11) is 0. The van der Waals surface area contributed by atoms with E-state index in [0.717, 1.165) is 38.5 Å². The molecule has 0 aromatic heterocycles. The normalized spacial score (nSPS) is 27.2. The molecule has 1 aromatic carbocycles. The van der Waals surface area contributed by atoms with Gasteiger partial charge in [-0.1, -0.05) is 86.7 Å². The lowest BCUT2D eigenvalue weighted by molar-refractivity contribution is -0.151. The van der Waals surface area contributed by atoms with Crippen molar-refractivity contribution >= 4 is 5.97 Å². The van der Waals surface area contributed by atoms with Crippen LogP contribution >= 0.6 is 0 Å². The van der Waals surface area contributed by atoms with Crippen molar-refractivity contribution < 1.29 is 20.1 Å². The number of aliphatic carboxylic acids is 1. The largest absolute Gasteiger partial charge is 0.481 e. The highest BCUT2D eigenvalue weighted by Crippen LogP contribution is 2.45. The van der Waals surface area contributed by atoms with Crippen molar-refractivity contribution in [3.05, 3.63) is 60.2 Å². The van der Waals surface area contributed by atoms with E-state index in [-0.39, 0.29) is 29.8 Å². The maximum absolute atomic E-state index is 12.4. The minimum absolute atomic E-state index is 0.0423. The van der Waals surface area contributed by atoms with Crippen LogP contribution in [0.3, 0.4) is 0 Å². The number of unbranched alkanes of at least 4 members (excludes halogenated alkanes) is 1. The lowest BCUT2D eigenvalue weighted by atomic mass is 9.61. The molecule has 1 fully saturated rings. The highest BCUT2D eigenvalue weighted by Gasteiger charge is 2.44. The minimum Gasteiger partial charge on any atom is -0.481 e. The van der Waals surface area contributed by atoms with Gasteiger partial charge in [-0.15, -0.1) is 0 Å². The molecule has 0 spiro atoms. The average Bonchev–Trinajstić information content (AvgIpc) is 2.87. The van der Waals surface area contributed by atoms with Crippen molar-refractivity contribution in [3.8, 4) is 0 Å². The van der Waals surface area contributed by atoms with E-state index in [1.165, 1.54) is 37.7 Å². The molecule has 5 N–H and O–H groups in total. The summed E-state index contributed by atoms with van der Waals surface area (Å²) < 4.78 is 0. The zero-order valence-electron chi connectivity index (χ0n) is 22.6. The Morgan fingerprint density at radius 2 is 1.76 bits per heavy atom. The molecule has 2 aliphatic carbocycles. The second-order valence-electron chi connectivity index (χ2n) is 11.5. The number of allylic oxidation sites excluding steroid dienone is 3. The first kappa shape index (κ1) is 29.6. The lowest BCUT2D eigenvalue weighted by Gasteiger charge is -2.44. The maximum Gasteiger partial charge on any atom is 0.309 e. The van der Waals surface area contributed by atoms with Crippen LogP contribution in [0.1, 0.15) is 76.7 Å². The molecule has 7 unspecified atom stereocenters. The first-order chi connectivity index (χ1) is 17.9. The highest BCUT2D eigenvalue weighted by atomic mass is 16.4. The van der Waals surface area contributed by atoms with Gasteiger partial charge in [0.15, 0.2) is 0 Å². The fourth-order valence-corrected chi connectivity index (χ4v) is 6.95. The third kappa shape index (κ3) is 9.08. The molecule has 37 heavy (non-hydrogen) atoms. The average molecular weight is 512 g/mol. The number of aliphatic hydroxyl groups is 2. The van der Waals surface area contributed by atoms with Crippen molar-refractivity contribution in [2.45, 2.75) is 89.8 Å². The summed E-state index contributed by atoms with van der Waals surface area (Å²) in [5, 5.41) is 31.1. The van der Waals surface area contributed by atoms with Crippen LogP contribution in [0.15, 0.2) is 54.6 Å². The van der Waals surface area contributed by atoms with Gasteiger partial charge in [-0.25, -0.2) is 0 Å². The number of hydrogen-bond donors (Lipinski definition) is 4. The smallest absolute Gasteiger partial charge is 0.309 e. The van der Waals surface area contributed by atoms with E-state index in [4.69, 9.17) is 5.73 Å². The SMILES string of the molecule is CC(O)C(C(=O)O)C1C(Cc2ccccc2)C=CC(CCCC=CC(O)CC2CCCCC2)C1CCN. The van der Waals surface area contributed by atoms with Crippen LogP contribution in [0.4, 0.5) is 0 Å².